The van der Waals surface area contributed by atoms with Crippen molar-refractivity contribution in [1.82, 2.24) is 0 Å². The highest BCUT2D eigenvalue weighted by Gasteiger charge is 2.11. The molecule has 0 bridgehead atoms. The van der Waals surface area contributed by atoms with E-state index in [1.807, 2.05) is 13.0 Å². The van der Waals surface area contributed by atoms with Crippen molar-refractivity contribution in [3.05, 3.63) is 58.4 Å². The van der Waals surface area contributed by atoms with Crippen LogP contribution in [0.15, 0.2) is 51.7 Å². The van der Waals surface area contributed by atoms with Crippen LogP contribution in [0.1, 0.15) is 25.8 Å². The molecule has 0 aliphatic heterocycles. The number of hydrogen-bond donors (Lipinski definition) is 2. The van der Waals surface area contributed by atoms with Gasteiger partial charge in [-0.05, 0) is 42.3 Å². The Morgan fingerprint density at radius 2 is 1.87 bits per heavy atom. The lowest BCUT2D eigenvalue weighted by Crippen LogP contribution is -2.20. The number of fused-ring (bicyclic) bond motifs is 1. The first-order valence-electron chi connectivity index (χ1n) is 9.84. The molecule has 0 atom stereocenters. The molecule has 0 saturated carbocycles. The van der Waals surface area contributed by atoms with Gasteiger partial charge in [-0.15, -0.1) is 0 Å². The second kappa shape index (κ2) is 9.80. The Kier molecular flexibility index (Phi) is 6.92. The molecule has 3 rings (SSSR count). The number of carbonyl (C=O) groups excluding carboxylic acids is 2. The molecule has 2 amide bonds. The van der Waals surface area contributed by atoms with Gasteiger partial charge in [-0.2, -0.15) is 0 Å². The minimum absolute atomic E-state index is 0.226. The molecular formula is C23H24N2O6. The maximum absolute atomic E-state index is 12.4. The van der Waals surface area contributed by atoms with Crippen molar-refractivity contribution >= 4 is 34.2 Å². The molecule has 0 saturated heterocycles. The van der Waals surface area contributed by atoms with E-state index in [0.717, 1.165) is 23.8 Å². The van der Waals surface area contributed by atoms with Crippen LogP contribution in [0.3, 0.4) is 0 Å². The Hall–Kier alpha value is -3.81. The number of amides is 2. The third-order valence-corrected chi connectivity index (χ3v) is 4.48. The molecule has 0 aliphatic carbocycles. The van der Waals surface area contributed by atoms with E-state index >= 15 is 0 Å². The Morgan fingerprint density at radius 3 is 2.58 bits per heavy atom. The van der Waals surface area contributed by atoms with E-state index in [1.165, 1.54) is 20.1 Å². The SMILES string of the molecule is CCCc1cc(=O)oc2cc(OCC(=O)Nc3cc(NC(C)=O)ccc3OC)ccc12. The van der Waals surface area contributed by atoms with Gasteiger partial charge >= 0.3 is 5.63 Å². The molecule has 0 radical (unpaired) electrons. The highest BCUT2D eigenvalue weighted by atomic mass is 16.5. The summed E-state index contributed by atoms with van der Waals surface area (Å²) in [6, 6.07) is 11.5. The number of anilines is 2. The molecule has 162 valence electrons. The first kappa shape index (κ1) is 21.9. The zero-order valence-corrected chi connectivity index (χ0v) is 17.6. The number of carbonyl (C=O) groups is 2. The van der Waals surface area contributed by atoms with E-state index in [2.05, 4.69) is 10.6 Å². The summed E-state index contributed by atoms with van der Waals surface area (Å²) in [5.41, 5.74) is 1.84. The van der Waals surface area contributed by atoms with E-state index in [9.17, 15) is 14.4 Å². The van der Waals surface area contributed by atoms with Crippen molar-refractivity contribution in [2.24, 2.45) is 0 Å². The van der Waals surface area contributed by atoms with E-state index in [1.54, 1.807) is 30.3 Å². The highest BCUT2D eigenvalue weighted by Crippen LogP contribution is 2.28. The molecule has 2 aromatic carbocycles. The van der Waals surface area contributed by atoms with Crippen LogP contribution in [-0.2, 0) is 16.0 Å². The van der Waals surface area contributed by atoms with E-state index in [-0.39, 0.29) is 12.5 Å². The fourth-order valence-corrected chi connectivity index (χ4v) is 3.20. The Balaban J connectivity index is 1.71. The average Bonchev–Trinajstić information content (AvgIpc) is 2.72. The lowest BCUT2D eigenvalue weighted by molar-refractivity contribution is -0.118. The quantitative estimate of drug-likeness (QED) is 0.534. The number of ether oxygens (including phenoxy) is 2. The maximum Gasteiger partial charge on any atom is 0.336 e. The fraction of sp³-hybridized carbons (Fsp3) is 0.261. The summed E-state index contributed by atoms with van der Waals surface area (Å²) in [5, 5.41) is 6.20. The molecule has 1 heterocycles. The summed E-state index contributed by atoms with van der Waals surface area (Å²) in [6.45, 7) is 3.17. The third-order valence-electron chi connectivity index (χ3n) is 4.48. The summed E-state index contributed by atoms with van der Waals surface area (Å²) in [5.74, 6) is 0.201. The maximum atomic E-state index is 12.4. The number of benzene rings is 2. The van der Waals surface area contributed by atoms with Crippen LogP contribution in [0.5, 0.6) is 11.5 Å². The molecule has 31 heavy (non-hydrogen) atoms. The topological polar surface area (TPSA) is 107 Å². The normalized spacial score (nSPS) is 10.5. The van der Waals surface area contributed by atoms with Crippen molar-refractivity contribution in [2.75, 3.05) is 24.4 Å². The van der Waals surface area contributed by atoms with Gasteiger partial charge in [0.1, 0.15) is 17.1 Å². The molecular weight excluding hydrogens is 400 g/mol. The van der Waals surface area contributed by atoms with Crippen LogP contribution >= 0.6 is 0 Å². The van der Waals surface area contributed by atoms with Gasteiger partial charge in [-0.25, -0.2) is 4.79 Å². The van der Waals surface area contributed by atoms with Crippen LogP contribution in [0, 0.1) is 0 Å². The van der Waals surface area contributed by atoms with Gasteiger partial charge < -0.3 is 24.5 Å². The van der Waals surface area contributed by atoms with Gasteiger partial charge in [0, 0.05) is 30.1 Å². The molecule has 0 aliphatic rings. The summed E-state index contributed by atoms with van der Waals surface area (Å²) in [6.07, 6.45) is 1.67. The number of nitrogens with one attached hydrogen (secondary N) is 2. The summed E-state index contributed by atoms with van der Waals surface area (Å²) in [4.78, 5) is 35.5. The first-order chi connectivity index (χ1) is 14.9. The summed E-state index contributed by atoms with van der Waals surface area (Å²) in [7, 11) is 1.48. The van der Waals surface area contributed by atoms with Crippen molar-refractivity contribution in [3.63, 3.8) is 0 Å². The van der Waals surface area contributed by atoms with E-state index < -0.39 is 11.5 Å². The molecule has 0 spiro atoms. The molecule has 2 N–H and O–H groups in total. The van der Waals surface area contributed by atoms with E-state index in [4.69, 9.17) is 13.9 Å². The van der Waals surface area contributed by atoms with Crippen LogP contribution in [0.4, 0.5) is 11.4 Å². The van der Waals surface area contributed by atoms with Gasteiger partial charge in [0.15, 0.2) is 6.61 Å². The monoisotopic (exact) mass is 424 g/mol. The third kappa shape index (κ3) is 5.63. The zero-order chi connectivity index (χ0) is 22.4. The predicted molar refractivity (Wildman–Crippen MR) is 118 cm³/mol. The highest BCUT2D eigenvalue weighted by molar-refractivity contribution is 5.95. The Morgan fingerprint density at radius 1 is 1.06 bits per heavy atom. The van der Waals surface area contributed by atoms with Gasteiger partial charge in [0.2, 0.25) is 5.91 Å². The molecule has 0 unspecified atom stereocenters. The van der Waals surface area contributed by atoms with Crippen molar-refractivity contribution < 1.29 is 23.5 Å². The lowest BCUT2D eigenvalue weighted by Gasteiger charge is -2.13. The molecule has 0 fully saturated rings. The predicted octanol–water partition coefficient (Wildman–Crippen LogP) is 3.73. The van der Waals surface area contributed by atoms with Crippen LogP contribution < -0.4 is 25.7 Å². The zero-order valence-electron chi connectivity index (χ0n) is 17.6. The summed E-state index contributed by atoms with van der Waals surface area (Å²) >= 11 is 0. The largest absolute Gasteiger partial charge is 0.495 e. The van der Waals surface area contributed by atoms with Crippen molar-refractivity contribution in [1.29, 1.82) is 0 Å². The molecule has 8 heteroatoms. The molecule has 1 aromatic heterocycles. The number of aryl methyl sites for hydroxylation is 1. The van der Waals surface area contributed by atoms with Crippen molar-refractivity contribution in [2.45, 2.75) is 26.7 Å². The van der Waals surface area contributed by atoms with Crippen LogP contribution in [0.2, 0.25) is 0 Å². The average molecular weight is 424 g/mol. The molecule has 3 aromatic rings. The van der Waals surface area contributed by atoms with Crippen LogP contribution in [0.25, 0.3) is 11.0 Å². The lowest BCUT2D eigenvalue weighted by atomic mass is 10.1. The van der Waals surface area contributed by atoms with Gasteiger partial charge in [0.05, 0.1) is 12.8 Å². The van der Waals surface area contributed by atoms with E-state index in [0.29, 0.717) is 28.5 Å². The van der Waals surface area contributed by atoms with Gasteiger partial charge in [0.25, 0.3) is 5.91 Å². The number of hydrogen-bond acceptors (Lipinski definition) is 6. The Labute approximate surface area is 179 Å². The minimum Gasteiger partial charge on any atom is -0.495 e. The number of methoxy groups -OCH3 is 1. The van der Waals surface area contributed by atoms with Gasteiger partial charge in [-0.1, -0.05) is 13.3 Å². The Bertz CT molecular complexity index is 1170. The van der Waals surface area contributed by atoms with Gasteiger partial charge in [-0.3, -0.25) is 9.59 Å². The summed E-state index contributed by atoms with van der Waals surface area (Å²) < 4.78 is 16.1. The van der Waals surface area contributed by atoms with Crippen LogP contribution in [-0.4, -0.2) is 25.5 Å². The second-order valence-electron chi connectivity index (χ2n) is 6.93. The fourth-order valence-electron chi connectivity index (χ4n) is 3.20. The number of rotatable bonds is 8. The first-order valence-corrected chi connectivity index (χ1v) is 9.84. The molecule has 8 nitrogen and oxygen atoms in total. The smallest absolute Gasteiger partial charge is 0.336 e. The second-order valence-corrected chi connectivity index (χ2v) is 6.93. The minimum atomic E-state index is -0.419. The standard InChI is InChI=1S/C23H24N2O6/c1-4-5-15-10-23(28)31-21-12-17(7-8-18(15)21)30-13-22(27)25-19-11-16(24-14(2)26)6-9-20(19)29-3/h6-12H,4-5,13H2,1-3H3,(H,24,26)(H,25,27). The van der Waals surface area contributed by atoms with Crippen molar-refractivity contribution in [3.8, 4) is 11.5 Å².